The lowest BCUT2D eigenvalue weighted by atomic mass is 9.92. The number of benzene rings is 5. The average Bonchev–Trinajstić information content (AvgIpc) is 3.10. The molecule has 50 heavy (non-hydrogen) atoms. The van der Waals surface area contributed by atoms with E-state index in [4.69, 9.17) is 14.2 Å². The predicted molar refractivity (Wildman–Crippen MR) is 201 cm³/mol. The SMILES string of the molecule is C.C=CCOc1ccc2ccccc2c1-c1c(OCC(=O)N[C@H](CCC[NH3+])C(=O)Nc2cccc(C(=O)OC)c2)ccc2ccccc12.S.[Cl-]. The number of esters is 1. The topological polar surface area (TPSA) is 131 Å². The normalized spacial score (nSPS) is 10.8. The van der Waals surface area contributed by atoms with Crippen molar-refractivity contribution in [2.45, 2.75) is 26.3 Å². The van der Waals surface area contributed by atoms with Crippen LogP contribution in [0.1, 0.15) is 30.6 Å². The van der Waals surface area contributed by atoms with Gasteiger partial charge in [0.25, 0.3) is 5.91 Å². The summed E-state index contributed by atoms with van der Waals surface area (Å²) in [5, 5.41) is 9.56. The van der Waals surface area contributed by atoms with Crippen molar-refractivity contribution >= 4 is 58.5 Å². The minimum Gasteiger partial charge on any atom is -1.00 e. The van der Waals surface area contributed by atoms with Gasteiger partial charge in [0.05, 0.1) is 19.2 Å². The van der Waals surface area contributed by atoms with Crippen LogP contribution in [0, 0.1) is 0 Å². The molecule has 0 aliphatic rings. The van der Waals surface area contributed by atoms with Crippen LogP contribution in [0.2, 0.25) is 0 Å². The minimum atomic E-state index is -0.845. The summed E-state index contributed by atoms with van der Waals surface area (Å²) >= 11 is 0. The number of hydrogen-bond acceptors (Lipinski definition) is 6. The molecule has 0 radical (unpaired) electrons. The van der Waals surface area contributed by atoms with Crippen LogP contribution in [-0.4, -0.2) is 50.7 Å². The van der Waals surface area contributed by atoms with Gasteiger partial charge in [-0.05, 0) is 64.7 Å². The molecule has 0 aliphatic heterocycles. The average molecular weight is 718 g/mol. The van der Waals surface area contributed by atoms with Crippen molar-refractivity contribution in [3.63, 3.8) is 0 Å². The second kappa shape index (κ2) is 19.8. The van der Waals surface area contributed by atoms with E-state index in [2.05, 4.69) is 22.9 Å². The highest BCUT2D eigenvalue weighted by Crippen LogP contribution is 2.45. The summed E-state index contributed by atoms with van der Waals surface area (Å²) in [5.41, 5.74) is 6.22. The number of rotatable bonds is 14. The Morgan fingerprint density at radius 3 is 2.02 bits per heavy atom. The number of ether oxygens (including phenoxy) is 3. The predicted octanol–water partition coefficient (Wildman–Crippen LogP) is 3.29. The molecule has 9 nitrogen and oxygen atoms in total. The summed E-state index contributed by atoms with van der Waals surface area (Å²) in [6, 6.07) is 29.3. The van der Waals surface area contributed by atoms with Crippen LogP contribution in [0.25, 0.3) is 32.7 Å². The molecule has 0 bridgehead atoms. The molecular weight excluding hydrogens is 674 g/mol. The standard InChI is InChI=1S/C38H37N3O6.CH4.ClH.H2S/c1-3-22-46-32-19-17-25-10-4-6-14-29(25)35(32)36-30-15-7-5-11-26(30)18-20-33(36)47-24-34(42)41-31(16-9-21-39)37(43)40-28-13-8-12-27(23-28)38(44)45-2;;;/h3-8,10-15,17-20,23,31H,1,9,16,21-22,24,39H2,2H3,(H,40,43)(H,41,42);1H4;1H;1H2/t31-;;;/m1.../s1. The first-order chi connectivity index (χ1) is 22.9. The Morgan fingerprint density at radius 1 is 0.840 bits per heavy atom. The molecule has 264 valence electrons. The van der Waals surface area contributed by atoms with Crippen LogP contribution in [0.3, 0.4) is 0 Å². The van der Waals surface area contributed by atoms with E-state index in [1.165, 1.54) is 13.2 Å². The monoisotopic (exact) mass is 717 g/mol. The molecular formula is C39H44ClN3O6S. The Labute approximate surface area is 306 Å². The Bertz CT molecular complexity index is 1940. The molecule has 0 unspecified atom stereocenters. The maximum Gasteiger partial charge on any atom is 0.337 e. The van der Waals surface area contributed by atoms with E-state index in [1.54, 1.807) is 24.3 Å². The van der Waals surface area contributed by atoms with Crippen molar-refractivity contribution in [2.24, 2.45) is 0 Å². The Hall–Kier alpha value is -5.03. The third-order valence-electron chi connectivity index (χ3n) is 7.69. The molecule has 0 fully saturated rings. The number of nitrogens with one attached hydrogen (secondary N) is 2. The maximum atomic E-state index is 13.3. The zero-order valence-corrected chi connectivity index (χ0v) is 28.9. The zero-order chi connectivity index (χ0) is 33.2. The Morgan fingerprint density at radius 2 is 1.44 bits per heavy atom. The molecule has 5 aromatic rings. The van der Waals surface area contributed by atoms with Crippen LogP contribution < -0.4 is 38.2 Å². The fraction of sp³-hybridized carbons (Fsp3) is 0.205. The van der Waals surface area contributed by atoms with E-state index in [0.29, 0.717) is 48.7 Å². The lowest BCUT2D eigenvalue weighted by molar-refractivity contribution is -0.368. The molecule has 5 N–H and O–H groups in total. The van der Waals surface area contributed by atoms with Gasteiger partial charge in [-0.1, -0.05) is 86.8 Å². The number of quaternary nitrogens is 1. The van der Waals surface area contributed by atoms with Gasteiger partial charge in [-0.2, -0.15) is 13.5 Å². The number of amides is 2. The number of halogens is 1. The summed E-state index contributed by atoms with van der Waals surface area (Å²) < 4.78 is 17.2. The summed E-state index contributed by atoms with van der Waals surface area (Å²) in [5.74, 6) is -0.235. The summed E-state index contributed by atoms with van der Waals surface area (Å²) in [4.78, 5) is 38.6. The fourth-order valence-electron chi connectivity index (χ4n) is 5.48. The van der Waals surface area contributed by atoms with Gasteiger partial charge in [0.2, 0.25) is 5.91 Å². The molecule has 5 aromatic carbocycles. The number of hydrogen-bond donors (Lipinski definition) is 3. The van der Waals surface area contributed by atoms with E-state index >= 15 is 0 Å². The number of carbonyl (C=O) groups excluding carboxylic acids is 3. The van der Waals surface area contributed by atoms with Crippen molar-refractivity contribution in [1.29, 1.82) is 0 Å². The van der Waals surface area contributed by atoms with Crippen LogP contribution in [0.15, 0.2) is 110 Å². The molecule has 0 heterocycles. The lowest BCUT2D eigenvalue weighted by Crippen LogP contribution is -3.00. The van der Waals surface area contributed by atoms with E-state index in [9.17, 15) is 14.4 Å². The number of anilines is 1. The van der Waals surface area contributed by atoms with Gasteiger partial charge < -0.3 is 43.0 Å². The van der Waals surface area contributed by atoms with E-state index in [0.717, 1.165) is 32.7 Å². The lowest BCUT2D eigenvalue weighted by Gasteiger charge is -2.21. The molecule has 0 aliphatic carbocycles. The molecule has 2 amide bonds. The first-order valence-electron chi connectivity index (χ1n) is 15.4. The van der Waals surface area contributed by atoms with Crippen molar-refractivity contribution in [3.05, 3.63) is 115 Å². The van der Waals surface area contributed by atoms with Gasteiger partial charge in [0.1, 0.15) is 24.1 Å². The molecule has 0 saturated carbocycles. The summed E-state index contributed by atoms with van der Waals surface area (Å²) in [6.07, 6.45) is 2.69. The van der Waals surface area contributed by atoms with Crippen molar-refractivity contribution in [1.82, 2.24) is 5.32 Å². The van der Waals surface area contributed by atoms with Gasteiger partial charge in [-0.3, -0.25) is 9.59 Å². The van der Waals surface area contributed by atoms with Crippen molar-refractivity contribution in [3.8, 4) is 22.6 Å². The molecule has 11 heteroatoms. The highest BCUT2D eigenvalue weighted by atomic mass is 35.5. The van der Waals surface area contributed by atoms with Gasteiger partial charge in [-0.15, -0.1) is 0 Å². The Kier molecular flexibility index (Phi) is 16.3. The number of methoxy groups -OCH3 is 1. The second-order valence-corrected chi connectivity index (χ2v) is 10.9. The first-order valence-corrected chi connectivity index (χ1v) is 15.4. The molecule has 5 rings (SSSR count). The van der Waals surface area contributed by atoms with Crippen LogP contribution in [0.4, 0.5) is 5.69 Å². The van der Waals surface area contributed by atoms with Gasteiger partial charge >= 0.3 is 5.97 Å². The summed E-state index contributed by atoms with van der Waals surface area (Å²) in [6.45, 7) is 4.39. The van der Waals surface area contributed by atoms with Crippen molar-refractivity contribution in [2.75, 3.05) is 32.2 Å². The highest BCUT2D eigenvalue weighted by molar-refractivity contribution is 7.59. The van der Waals surface area contributed by atoms with Crippen molar-refractivity contribution < 1.29 is 46.7 Å². The molecule has 1 atom stereocenters. The number of fused-ring (bicyclic) bond motifs is 2. The largest absolute Gasteiger partial charge is 1.00 e. The second-order valence-electron chi connectivity index (χ2n) is 10.9. The van der Waals surface area contributed by atoms with Crippen LogP contribution in [-0.2, 0) is 14.3 Å². The van der Waals surface area contributed by atoms with Crippen LogP contribution >= 0.6 is 13.5 Å². The molecule has 0 aromatic heterocycles. The zero-order valence-electron chi connectivity index (χ0n) is 27.2. The van der Waals surface area contributed by atoms with E-state index in [1.807, 2.05) is 72.8 Å². The quantitative estimate of drug-likeness (QED) is 0.120. The maximum absolute atomic E-state index is 13.3. The smallest absolute Gasteiger partial charge is 0.337 e. The summed E-state index contributed by atoms with van der Waals surface area (Å²) in [7, 11) is 1.29. The van der Waals surface area contributed by atoms with Gasteiger partial charge in [-0.25, -0.2) is 4.79 Å². The van der Waals surface area contributed by atoms with E-state index in [-0.39, 0.29) is 39.9 Å². The third kappa shape index (κ3) is 9.78. The minimum absolute atomic E-state index is 0. The Balaban J connectivity index is 0.00000289. The number of carbonyl (C=O) groups is 3. The van der Waals surface area contributed by atoms with Gasteiger partial charge in [0.15, 0.2) is 6.61 Å². The molecule has 0 saturated heterocycles. The highest BCUT2D eigenvalue weighted by Gasteiger charge is 2.23. The molecule has 0 spiro atoms. The third-order valence-corrected chi connectivity index (χ3v) is 7.69. The van der Waals surface area contributed by atoms with E-state index < -0.39 is 23.8 Å². The fourth-order valence-corrected chi connectivity index (χ4v) is 5.48. The first kappa shape index (κ1) is 41.1. The van der Waals surface area contributed by atoms with Gasteiger partial charge in [0, 0.05) is 16.8 Å². The van der Waals surface area contributed by atoms with Crippen LogP contribution in [0.5, 0.6) is 11.5 Å².